The number of nitrogens with zero attached hydrogens (tertiary/aromatic N) is 5. The van der Waals surface area contributed by atoms with E-state index in [9.17, 15) is 0 Å². The molecule has 7 nitrogen and oxygen atoms in total. The first-order valence-corrected chi connectivity index (χ1v) is 27.6. The van der Waals surface area contributed by atoms with Crippen LogP contribution in [0.3, 0.4) is 0 Å². The summed E-state index contributed by atoms with van der Waals surface area (Å²) >= 11 is 0. The Labute approximate surface area is 456 Å². The van der Waals surface area contributed by atoms with Gasteiger partial charge in [0.25, 0.3) is 6.33 Å². The highest BCUT2D eigenvalue weighted by molar-refractivity contribution is 6.23. The third kappa shape index (κ3) is 7.41. The summed E-state index contributed by atoms with van der Waals surface area (Å²) in [6, 6.07) is 57.1. The molecule has 0 bridgehead atoms. The Kier molecular flexibility index (Phi) is 10.2. The molecule has 0 fully saturated rings. The van der Waals surface area contributed by atoms with Gasteiger partial charge in [-0.25, -0.2) is 9.97 Å². The molecule has 0 saturated heterocycles. The molecule has 0 N–H and O–H groups in total. The number of aromatic nitrogens is 5. The quantitative estimate of drug-likeness (QED) is 0.118. The van der Waals surface area contributed by atoms with E-state index in [1.165, 1.54) is 38.9 Å². The summed E-state index contributed by atoms with van der Waals surface area (Å²) in [7, 11) is 0. The van der Waals surface area contributed by atoms with Crippen LogP contribution in [0.25, 0.3) is 94.2 Å². The van der Waals surface area contributed by atoms with Gasteiger partial charge in [-0.3, -0.25) is 13.7 Å². The number of pyridine rings is 2. The fourth-order valence-electron chi connectivity index (χ4n) is 14.3. The van der Waals surface area contributed by atoms with E-state index in [-0.39, 0.29) is 27.1 Å². The van der Waals surface area contributed by atoms with Gasteiger partial charge in [0.2, 0.25) is 5.88 Å². The zero-order valence-corrected chi connectivity index (χ0v) is 46.6. The first-order chi connectivity index (χ1) is 37.2. The molecule has 7 heteroatoms. The lowest BCUT2D eigenvalue weighted by Gasteiger charge is -2.23. The van der Waals surface area contributed by atoms with Crippen LogP contribution in [0.5, 0.6) is 11.6 Å². The highest BCUT2D eigenvalue weighted by Crippen LogP contribution is 2.53. The first-order valence-electron chi connectivity index (χ1n) is 27.6. The van der Waals surface area contributed by atoms with E-state index in [4.69, 9.17) is 19.1 Å². The maximum Gasteiger partial charge on any atom is 0.269 e. The lowest BCUT2D eigenvalue weighted by atomic mass is 9.82. The van der Waals surface area contributed by atoms with Crippen LogP contribution in [0.15, 0.2) is 175 Å². The summed E-state index contributed by atoms with van der Waals surface area (Å²) in [6.45, 7) is 25.9. The molecule has 0 saturated carbocycles. The number of fused-ring (bicyclic) bond motifs is 10. The standard InChI is InChI=1S/C71H65N5O2/c1-67(2,3)45-32-33-72-62(36-45)76-59-31-28-51-50-20-12-15-25-61(50)78-66(51)64(59)52-39-73-63(38-60(52)76)77-47-19-16-18-46(37-47)74-42-75(58-24-14-13-23-57(58)74)65-48(43-26-29-53-55(34-43)70(8,9)40-68(53,4)5)21-17-22-49(65)44-27-30-54-56(35-44)71(10,11)41-69(54,6)7/h12-39H,40-41H2,1-11H3. The lowest BCUT2D eigenvalue weighted by Crippen LogP contribution is -2.31. The monoisotopic (exact) mass is 1020 g/mol. The van der Waals surface area contributed by atoms with Crippen molar-refractivity contribution in [3.63, 3.8) is 0 Å². The van der Waals surface area contributed by atoms with Crippen molar-refractivity contribution in [2.75, 3.05) is 0 Å². The summed E-state index contributed by atoms with van der Waals surface area (Å²) in [5.41, 5.74) is 19.6. The van der Waals surface area contributed by atoms with E-state index in [0.717, 1.165) is 95.9 Å². The largest absolute Gasteiger partial charge is 0.455 e. The van der Waals surface area contributed by atoms with Crippen LogP contribution >= 0.6 is 0 Å². The normalized spacial score (nSPS) is 16.2. The van der Waals surface area contributed by atoms with Crippen molar-refractivity contribution in [2.24, 2.45) is 0 Å². The average molecular weight is 1020 g/mol. The maximum absolute atomic E-state index is 6.84. The Morgan fingerprint density at radius 2 is 1.22 bits per heavy atom. The molecule has 0 amide bonds. The van der Waals surface area contributed by atoms with Crippen molar-refractivity contribution in [3.8, 4) is 51.1 Å². The van der Waals surface area contributed by atoms with Crippen molar-refractivity contribution in [1.29, 1.82) is 0 Å². The molecule has 0 spiro atoms. The molecule has 386 valence electrons. The summed E-state index contributed by atoms with van der Waals surface area (Å²) in [5, 5.41) is 4.09. The van der Waals surface area contributed by atoms with E-state index in [1.807, 2.05) is 42.7 Å². The highest BCUT2D eigenvalue weighted by atomic mass is 16.5. The molecular weight excluding hydrogens is 955 g/mol. The predicted molar refractivity (Wildman–Crippen MR) is 318 cm³/mol. The van der Waals surface area contributed by atoms with Crippen LogP contribution < -0.4 is 9.30 Å². The first kappa shape index (κ1) is 48.1. The fraction of sp³-hybridized carbons (Fsp3) is 0.254. The topological polar surface area (TPSA) is 61.9 Å². The molecule has 0 atom stereocenters. The van der Waals surface area contributed by atoms with E-state index < -0.39 is 0 Å². The minimum atomic E-state index is -0.0787. The smallest absolute Gasteiger partial charge is 0.269 e. The van der Waals surface area contributed by atoms with Gasteiger partial charge >= 0.3 is 0 Å². The van der Waals surface area contributed by atoms with Crippen LogP contribution in [0.4, 0.5) is 0 Å². The number of furan rings is 1. The number of ether oxygens (including phenoxy) is 1. The van der Waals surface area contributed by atoms with Gasteiger partial charge in [-0.05, 0) is 139 Å². The highest BCUT2D eigenvalue weighted by Gasteiger charge is 2.43. The average Bonchev–Trinajstić information content (AvgIpc) is 4.38. The maximum atomic E-state index is 6.84. The van der Waals surface area contributed by atoms with E-state index in [0.29, 0.717) is 11.6 Å². The Bertz CT molecular complexity index is 4380. The van der Waals surface area contributed by atoms with E-state index in [1.54, 1.807) is 0 Å². The van der Waals surface area contributed by atoms with Crippen molar-refractivity contribution in [2.45, 2.75) is 116 Å². The second-order valence-electron chi connectivity index (χ2n) is 25.9. The third-order valence-corrected chi connectivity index (χ3v) is 17.4. The van der Waals surface area contributed by atoms with Gasteiger partial charge in [0.05, 0.1) is 38.8 Å². The molecule has 0 unspecified atom stereocenters. The molecule has 12 aromatic rings. The van der Waals surface area contributed by atoms with Gasteiger partial charge < -0.3 is 9.15 Å². The van der Waals surface area contributed by atoms with Gasteiger partial charge in [-0.1, -0.05) is 179 Å². The fourth-order valence-corrected chi connectivity index (χ4v) is 14.3. The van der Waals surface area contributed by atoms with Crippen LogP contribution in [-0.2, 0) is 27.1 Å². The van der Waals surface area contributed by atoms with Gasteiger partial charge in [0, 0.05) is 34.6 Å². The van der Waals surface area contributed by atoms with Crippen molar-refractivity contribution < 1.29 is 13.7 Å². The summed E-state index contributed by atoms with van der Waals surface area (Å²) in [6.07, 6.45) is 9.99. The summed E-state index contributed by atoms with van der Waals surface area (Å²) in [4.78, 5) is 9.99. The number of hydrogen-bond acceptors (Lipinski definition) is 4. The van der Waals surface area contributed by atoms with E-state index >= 15 is 0 Å². The molecule has 7 aromatic carbocycles. The van der Waals surface area contributed by atoms with Crippen molar-refractivity contribution >= 4 is 54.8 Å². The number of para-hydroxylation sites is 4. The number of benzene rings is 7. The van der Waals surface area contributed by atoms with E-state index in [2.05, 4.69) is 224 Å². The third-order valence-electron chi connectivity index (χ3n) is 17.4. The Morgan fingerprint density at radius 1 is 0.564 bits per heavy atom. The number of imidazole rings is 1. The SMILES string of the molecule is CC(C)(C)c1ccnc(-n2c3cc(Oc4cccc(-n5[c-][n+](-c6c(-c7ccc8c(c7)C(C)(C)CC8(C)C)cccc6-c6ccc7c(c6)C(C)(C)CC7(C)C)c6ccccc65)c4)ncc3c3c4oc5ccccc5c4ccc32)c1. The van der Waals surface area contributed by atoms with Crippen LogP contribution in [0.2, 0.25) is 0 Å². The summed E-state index contributed by atoms with van der Waals surface area (Å²) in [5.74, 6) is 1.94. The molecule has 5 aromatic heterocycles. The second-order valence-corrected chi connectivity index (χ2v) is 25.9. The minimum Gasteiger partial charge on any atom is -0.455 e. The van der Waals surface area contributed by atoms with Crippen molar-refractivity contribution in [3.05, 3.63) is 204 Å². The Balaban J connectivity index is 0.917. The predicted octanol–water partition coefficient (Wildman–Crippen LogP) is 17.8. The van der Waals surface area contributed by atoms with Crippen LogP contribution in [0.1, 0.15) is 117 Å². The Hall–Kier alpha value is -8.29. The number of rotatable bonds is 7. The van der Waals surface area contributed by atoms with Crippen LogP contribution in [-0.4, -0.2) is 19.1 Å². The molecule has 78 heavy (non-hydrogen) atoms. The van der Waals surface area contributed by atoms with Gasteiger partial charge in [-0.15, -0.1) is 0 Å². The summed E-state index contributed by atoms with van der Waals surface area (Å²) < 4.78 is 20.2. The van der Waals surface area contributed by atoms with Crippen molar-refractivity contribution in [1.82, 2.24) is 19.1 Å². The molecule has 2 aliphatic carbocycles. The minimum absolute atomic E-state index is 0.0462. The molecule has 0 radical (unpaired) electrons. The molecule has 2 aliphatic rings. The van der Waals surface area contributed by atoms with Gasteiger partial charge in [0.1, 0.15) is 22.7 Å². The Morgan fingerprint density at radius 3 is 1.92 bits per heavy atom. The molecule has 5 heterocycles. The second kappa shape index (κ2) is 16.6. The zero-order valence-electron chi connectivity index (χ0n) is 46.6. The number of hydrogen-bond donors (Lipinski definition) is 0. The molecule has 0 aliphatic heterocycles. The van der Waals surface area contributed by atoms with Gasteiger partial charge in [0.15, 0.2) is 0 Å². The zero-order chi connectivity index (χ0) is 53.8. The lowest BCUT2D eigenvalue weighted by molar-refractivity contribution is -0.571. The molecular formula is C71H65N5O2. The molecule has 14 rings (SSSR count). The van der Waals surface area contributed by atoms with Crippen LogP contribution in [0, 0.1) is 6.33 Å². The van der Waals surface area contributed by atoms with Gasteiger partial charge in [-0.2, -0.15) is 0 Å².